The molecule has 1 rings (SSSR count). The Bertz CT molecular complexity index is 324. The van der Waals surface area contributed by atoms with Gasteiger partial charge in [0.1, 0.15) is 0 Å². The average molecular weight is 254 g/mol. The van der Waals surface area contributed by atoms with Crippen LogP contribution in [0.2, 0.25) is 0 Å². The highest BCUT2D eigenvalue weighted by Gasteiger charge is 2.35. The Labute approximate surface area is 110 Å². The summed E-state index contributed by atoms with van der Waals surface area (Å²) in [6.45, 7) is 11.6. The maximum absolute atomic E-state index is 12.1. The molecule has 0 radical (unpaired) electrons. The number of carbonyl (C=O) groups is 2. The molecule has 0 aliphatic carbocycles. The van der Waals surface area contributed by atoms with Gasteiger partial charge in [0.15, 0.2) is 0 Å². The highest BCUT2D eigenvalue weighted by molar-refractivity contribution is 5.89. The van der Waals surface area contributed by atoms with E-state index in [4.69, 9.17) is 0 Å². The van der Waals surface area contributed by atoms with E-state index in [9.17, 15) is 9.59 Å². The molecule has 1 saturated heterocycles. The molecule has 2 amide bonds. The van der Waals surface area contributed by atoms with E-state index < -0.39 is 0 Å². The fourth-order valence-electron chi connectivity index (χ4n) is 2.09. The molecule has 1 atom stereocenters. The van der Waals surface area contributed by atoms with Crippen molar-refractivity contribution in [3.05, 3.63) is 0 Å². The molecule has 1 aliphatic rings. The number of rotatable bonds is 5. The number of carbonyl (C=O) groups excluding carboxylic acids is 2. The van der Waals surface area contributed by atoms with E-state index in [1.54, 1.807) is 0 Å². The van der Waals surface area contributed by atoms with Gasteiger partial charge in [0, 0.05) is 25.0 Å². The van der Waals surface area contributed by atoms with Crippen LogP contribution < -0.4 is 5.32 Å². The first-order valence-corrected chi connectivity index (χ1v) is 6.85. The van der Waals surface area contributed by atoms with Crippen LogP contribution in [0.15, 0.2) is 0 Å². The van der Waals surface area contributed by atoms with Gasteiger partial charge in [0.05, 0.1) is 5.92 Å². The molecule has 1 aliphatic heterocycles. The summed E-state index contributed by atoms with van der Waals surface area (Å²) >= 11 is 0. The summed E-state index contributed by atoms with van der Waals surface area (Å²) in [5.74, 6) is 0.393. The van der Waals surface area contributed by atoms with Crippen molar-refractivity contribution in [1.29, 1.82) is 0 Å². The summed E-state index contributed by atoms with van der Waals surface area (Å²) in [5, 5.41) is 3.02. The minimum atomic E-state index is -0.189. The SMILES string of the molecule is CCC(C)(C)NC(=O)[C@H]1CC(=O)N(CC(C)C)C1. The number of amides is 2. The lowest BCUT2D eigenvalue weighted by Gasteiger charge is -2.26. The zero-order valence-corrected chi connectivity index (χ0v) is 12.2. The van der Waals surface area contributed by atoms with Gasteiger partial charge >= 0.3 is 0 Å². The Kier molecular flexibility index (Phi) is 4.77. The van der Waals surface area contributed by atoms with Crippen LogP contribution in [0.3, 0.4) is 0 Å². The van der Waals surface area contributed by atoms with Gasteiger partial charge in [-0.25, -0.2) is 0 Å². The van der Waals surface area contributed by atoms with Gasteiger partial charge in [-0.3, -0.25) is 9.59 Å². The molecular formula is C14H26N2O2. The second kappa shape index (κ2) is 5.72. The Morgan fingerprint density at radius 2 is 2.11 bits per heavy atom. The fraction of sp³-hybridized carbons (Fsp3) is 0.857. The highest BCUT2D eigenvalue weighted by Crippen LogP contribution is 2.20. The zero-order valence-electron chi connectivity index (χ0n) is 12.2. The van der Waals surface area contributed by atoms with E-state index in [0.717, 1.165) is 13.0 Å². The first-order valence-electron chi connectivity index (χ1n) is 6.85. The van der Waals surface area contributed by atoms with Crippen LogP contribution >= 0.6 is 0 Å². The number of hydrogen-bond acceptors (Lipinski definition) is 2. The van der Waals surface area contributed by atoms with Gasteiger partial charge in [0.25, 0.3) is 0 Å². The zero-order chi connectivity index (χ0) is 13.9. The molecule has 0 saturated carbocycles. The topological polar surface area (TPSA) is 49.4 Å². The molecule has 0 aromatic heterocycles. The summed E-state index contributed by atoms with van der Waals surface area (Å²) in [6.07, 6.45) is 1.24. The van der Waals surface area contributed by atoms with Crippen LogP contribution in [0.1, 0.15) is 47.5 Å². The molecule has 18 heavy (non-hydrogen) atoms. The molecule has 0 unspecified atom stereocenters. The summed E-state index contributed by atoms with van der Waals surface area (Å²) < 4.78 is 0. The smallest absolute Gasteiger partial charge is 0.225 e. The Morgan fingerprint density at radius 3 is 2.61 bits per heavy atom. The molecule has 0 bridgehead atoms. The molecule has 4 heteroatoms. The quantitative estimate of drug-likeness (QED) is 0.813. The largest absolute Gasteiger partial charge is 0.351 e. The van der Waals surface area contributed by atoms with E-state index in [1.165, 1.54) is 0 Å². The molecule has 4 nitrogen and oxygen atoms in total. The molecule has 1 N–H and O–H groups in total. The molecule has 104 valence electrons. The third kappa shape index (κ3) is 4.00. The van der Waals surface area contributed by atoms with E-state index in [2.05, 4.69) is 19.2 Å². The van der Waals surface area contributed by atoms with Gasteiger partial charge in [-0.05, 0) is 26.2 Å². The lowest BCUT2D eigenvalue weighted by molar-refractivity contribution is -0.129. The molecule has 0 aromatic rings. The van der Waals surface area contributed by atoms with Crippen molar-refractivity contribution in [2.45, 2.75) is 53.0 Å². The summed E-state index contributed by atoms with van der Waals surface area (Å²) in [7, 11) is 0. The maximum atomic E-state index is 12.1. The van der Waals surface area contributed by atoms with Crippen molar-refractivity contribution in [2.75, 3.05) is 13.1 Å². The molecule has 0 aromatic carbocycles. The lowest BCUT2D eigenvalue weighted by Crippen LogP contribution is -2.46. The predicted molar refractivity (Wildman–Crippen MR) is 72.0 cm³/mol. The normalized spacial score (nSPS) is 20.7. The highest BCUT2D eigenvalue weighted by atomic mass is 16.2. The Hall–Kier alpha value is -1.06. The van der Waals surface area contributed by atoms with Crippen molar-refractivity contribution in [1.82, 2.24) is 10.2 Å². The summed E-state index contributed by atoms with van der Waals surface area (Å²) in [4.78, 5) is 25.7. The van der Waals surface area contributed by atoms with Crippen LogP contribution in [0.5, 0.6) is 0 Å². The monoisotopic (exact) mass is 254 g/mol. The van der Waals surface area contributed by atoms with E-state index in [0.29, 0.717) is 18.9 Å². The van der Waals surface area contributed by atoms with E-state index in [-0.39, 0.29) is 23.3 Å². The van der Waals surface area contributed by atoms with Crippen LogP contribution in [0.25, 0.3) is 0 Å². The first-order chi connectivity index (χ1) is 8.25. The van der Waals surface area contributed by atoms with E-state index in [1.807, 2.05) is 25.7 Å². The number of likely N-dealkylation sites (tertiary alicyclic amines) is 1. The van der Waals surface area contributed by atoms with Gasteiger partial charge in [-0.2, -0.15) is 0 Å². The van der Waals surface area contributed by atoms with Crippen molar-refractivity contribution in [3.8, 4) is 0 Å². The predicted octanol–water partition coefficient (Wildman–Crippen LogP) is 1.80. The van der Waals surface area contributed by atoms with Crippen molar-refractivity contribution < 1.29 is 9.59 Å². The maximum Gasteiger partial charge on any atom is 0.225 e. The Morgan fingerprint density at radius 1 is 1.50 bits per heavy atom. The minimum Gasteiger partial charge on any atom is -0.351 e. The van der Waals surface area contributed by atoms with Crippen LogP contribution in [0, 0.1) is 11.8 Å². The lowest BCUT2D eigenvalue weighted by atomic mass is 9.99. The average Bonchev–Trinajstić information content (AvgIpc) is 2.59. The number of nitrogens with one attached hydrogen (secondary N) is 1. The second-order valence-corrected chi connectivity index (χ2v) is 6.32. The standard InChI is InChI=1S/C14H26N2O2/c1-6-14(4,5)15-13(18)11-7-12(17)16(9-11)8-10(2)3/h10-11H,6-9H2,1-5H3,(H,15,18)/t11-/m0/s1. The van der Waals surface area contributed by atoms with Gasteiger partial charge < -0.3 is 10.2 Å². The molecule has 1 fully saturated rings. The summed E-state index contributed by atoms with van der Waals surface area (Å²) in [6, 6.07) is 0. The third-order valence-electron chi connectivity index (χ3n) is 3.52. The van der Waals surface area contributed by atoms with Crippen LogP contribution in [-0.2, 0) is 9.59 Å². The fourth-order valence-corrected chi connectivity index (χ4v) is 2.09. The molecule has 1 heterocycles. The van der Waals surface area contributed by atoms with Crippen LogP contribution in [-0.4, -0.2) is 35.3 Å². The van der Waals surface area contributed by atoms with E-state index >= 15 is 0 Å². The van der Waals surface area contributed by atoms with Crippen molar-refractivity contribution >= 4 is 11.8 Å². The second-order valence-electron chi connectivity index (χ2n) is 6.32. The molecular weight excluding hydrogens is 228 g/mol. The third-order valence-corrected chi connectivity index (χ3v) is 3.52. The van der Waals surface area contributed by atoms with Gasteiger partial charge in [-0.15, -0.1) is 0 Å². The van der Waals surface area contributed by atoms with Gasteiger partial charge in [0.2, 0.25) is 11.8 Å². The Balaban J connectivity index is 2.55. The van der Waals surface area contributed by atoms with Crippen LogP contribution in [0.4, 0.5) is 0 Å². The molecule has 0 spiro atoms. The van der Waals surface area contributed by atoms with Gasteiger partial charge in [-0.1, -0.05) is 20.8 Å². The number of nitrogens with zero attached hydrogens (tertiary/aromatic N) is 1. The van der Waals surface area contributed by atoms with Crippen molar-refractivity contribution in [2.24, 2.45) is 11.8 Å². The summed E-state index contributed by atoms with van der Waals surface area (Å²) in [5.41, 5.74) is -0.189. The van der Waals surface area contributed by atoms with Crippen molar-refractivity contribution in [3.63, 3.8) is 0 Å². The minimum absolute atomic E-state index is 0.0152. The number of hydrogen-bond donors (Lipinski definition) is 1. The first kappa shape index (κ1) is 15.0.